The highest BCUT2D eigenvalue weighted by Gasteiger charge is 2.36. The molecule has 0 spiro atoms. The highest BCUT2D eigenvalue weighted by atomic mass is 35.5. The Bertz CT molecular complexity index is 659. The van der Waals surface area contributed by atoms with Gasteiger partial charge < -0.3 is 10.1 Å². The maximum atomic E-state index is 12.9. The van der Waals surface area contributed by atoms with E-state index in [4.69, 9.17) is 27.9 Å². The van der Waals surface area contributed by atoms with Crippen LogP contribution in [-0.4, -0.2) is 45.5 Å². The van der Waals surface area contributed by atoms with Crippen molar-refractivity contribution < 1.29 is 13.2 Å². The van der Waals surface area contributed by atoms with Gasteiger partial charge in [0.15, 0.2) is 0 Å². The zero-order chi connectivity index (χ0) is 15.9. The van der Waals surface area contributed by atoms with Gasteiger partial charge in [0, 0.05) is 25.2 Å². The van der Waals surface area contributed by atoms with Crippen LogP contribution in [0.3, 0.4) is 0 Å². The first kappa shape index (κ1) is 16.3. The SMILES string of the molecule is COc1cc(Cl)c(S(=O)(=O)N2C[C@H]3CC[C@@H](C2)NC3)cc1Cl. The van der Waals surface area contributed by atoms with E-state index < -0.39 is 10.0 Å². The average Bonchev–Trinajstić information content (AvgIpc) is 2.83. The summed E-state index contributed by atoms with van der Waals surface area (Å²) in [6.07, 6.45) is 2.06. The number of halogens is 2. The Hall–Kier alpha value is -0.530. The molecule has 8 heteroatoms. The van der Waals surface area contributed by atoms with Crippen LogP contribution in [0.4, 0.5) is 0 Å². The number of ether oxygens (including phenoxy) is 1. The Kier molecular flexibility index (Phi) is 4.58. The third-order valence-electron chi connectivity index (χ3n) is 4.33. The van der Waals surface area contributed by atoms with Crippen molar-refractivity contribution in [2.75, 3.05) is 26.7 Å². The number of rotatable bonds is 3. The Morgan fingerprint density at radius 1 is 1.23 bits per heavy atom. The van der Waals surface area contributed by atoms with Crippen LogP contribution in [0.15, 0.2) is 17.0 Å². The highest BCUT2D eigenvalue weighted by Crippen LogP contribution is 2.36. The summed E-state index contributed by atoms with van der Waals surface area (Å²) in [5.41, 5.74) is 0. The maximum absolute atomic E-state index is 12.9. The molecule has 0 aliphatic carbocycles. The molecule has 0 aromatic heterocycles. The fourth-order valence-corrected chi connectivity index (χ4v) is 5.48. The third kappa shape index (κ3) is 2.95. The molecule has 0 saturated carbocycles. The van der Waals surface area contributed by atoms with Crippen LogP contribution in [0.2, 0.25) is 10.0 Å². The number of nitrogens with one attached hydrogen (secondary N) is 1. The minimum atomic E-state index is -3.67. The third-order valence-corrected chi connectivity index (χ3v) is 6.92. The average molecular weight is 365 g/mol. The van der Waals surface area contributed by atoms with Gasteiger partial charge in [-0.25, -0.2) is 8.42 Å². The zero-order valence-electron chi connectivity index (χ0n) is 12.2. The van der Waals surface area contributed by atoms with Gasteiger partial charge >= 0.3 is 0 Å². The van der Waals surface area contributed by atoms with E-state index in [1.165, 1.54) is 23.5 Å². The number of hydrogen-bond donors (Lipinski definition) is 1. The molecular formula is C14H18Cl2N2O3S. The van der Waals surface area contributed by atoms with E-state index in [1.54, 1.807) is 0 Å². The predicted octanol–water partition coefficient (Wildman–Crippen LogP) is 2.37. The van der Waals surface area contributed by atoms with Crippen molar-refractivity contribution >= 4 is 33.2 Å². The molecule has 0 unspecified atom stereocenters. The van der Waals surface area contributed by atoms with Gasteiger partial charge in [0.2, 0.25) is 10.0 Å². The van der Waals surface area contributed by atoms with Crippen molar-refractivity contribution in [2.24, 2.45) is 5.92 Å². The Morgan fingerprint density at radius 2 is 2.00 bits per heavy atom. The van der Waals surface area contributed by atoms with E-state index in [2.05, 4.69) is 5.32 Å². The lowest BCUT2D eigenvalue weighted by molar-refractivity contribution is 0.356. The van der Waals surface area contributed by atoms with Gasteiger partial charge in [0.1, 0.15) is 10.6 Å². The monoisotopic (exact) mass is 364 g/mol. The summed E-state index contributed by atoms with van der Waals surface area (Å²) >= 11 is 12.2. The van der Waals surface area contributed by atoms with Crippen molar-refractivity contribution in [1.29, 1.82) is 0 Å². The minimum Gasteiger partial charge on any atom is -0.495 e. The first-order valence-corrected chi connectivity index (χ1v) is 9.38. The smallest absolute Gasteiger partial charge is 0.244 e. The summed E-state index contributed by atoms with van der Waals surface area (Å²) in [4.78, 5) is 0.0428. The van der Waals surface area contributed by atoms with Gasteiger partial charge in [-0.1, -0.05) is 23.2 Å². The van der Waals surface area contributed by atoms with Gasteiger partial charge in [-0.05, 0) is 31.4 Å². The Morgan fingerprint density at radius 3 is 2.64 bits per heavy atom. The molecular weight excluding hydrogens is 347 g/mol. The lowest BCUT2D eigenvalue weighted by Crippen LogP contribution is -2.40. The quantitative estimate of drug-likeness (QED) is 0.894. The van der Waals surface area contributed by atoms with Crippen LogP contribution in [0, 0.1) is 5.92 Å². The molecule has 3 saturated heterocycles. The van der Waals surface area contributed by atoms with E-state index in [0.717, 1.165) is 19.4 Å². The zero-order valence-corrected chi connectivity index (χ0v) is 14.5. The van der Waals surface area contributed by atoms with E-state index in [1.807, 2.05) is 0 Å². The standard InChI is InChI=1S/C14H18Cl2N2O3S/c1-21-13-4-12(16)14(5-11(13)15)22(19,20)18-7-9-2-3-10(8-18)17-6-9/h4-5,9-10,17H,2-3,6-8H2,1H3/t9-,10-/m0/s1. The molecule has 4 rings (SSSR count). The first-order chi connectivity index (χ1) is 10.4. The second-order valence-corrected chi connectivity index (χ2v) is 8.51. The van der Waals surface area contributed by atoms with Crippen LogP contribution >= 0.6 is 23.2 Å². The van der Waals surface area contributed by atoms with Gasteiger partial charge in [-0.3, -0.25) is 0 Å². The fourth-order valence-electron chi connectivity index (χ4n) is 3.09. The van der Waals surface area contributed by atoms with Crippen LogP contribution in [-0.2, 0) is 10.0 Å². The van der Waals surface area contributed by atoms with E-state index in [-0.39, 0.29) is 21.0 Å². The molecule has 22 heavy (non-hydrogen) atoms. The van der Waals surface area contributed by atoms with Gasteiger partial charge in [-0.15, -0.1) is 0 Å². The molecule has 3 aliphatic rings. The summed E-state index contributed by atoms with van der Waals surface area (Å²) in [5.74, 6) is 0.712. The number of fused-ring (bicyclic) bond motifs is 4. The van der Waals surface area contributed by atoms with E-state index in [0.29, 0.717) is 24.8 Å². The predicted molar refractivity (Wildman–Crippen MR) is 86.3 cm³/mol. The van der Waals surface area contributed by atoms with Crippen LogP contribution < -0.4 is 10.1 Å². The molecule has 5 nitrogen and oxygen atoms in total. The van der Waals surface area contributed by atoms with Crippen molar-refractivity contribution in [3.05, 3.63) is 22.2 Å². The van der Waals surface area contributed by atoms with E-state index >= 15 is 0 Å². The molecule has 0 radical (unpaired) electrons. The number of piperidine rings is 1. The van der Waals surface area contributed by atoms with Crippen molar-refractivity contribution in [1.82, 2.24) is 9.62 Å². The fraction of sp³-hybridized carbons (Fsp3) is 0.571. The van der Waals surface area contributed by atoms with Crippen molar-refractivity contribution in [2.45, 2.75) is 23.8 Å². The molecule has 122 valence electrons. The lowest BCUT2D eigenvalue weighted by atomic mass is 9.97. The van der Waals surface area contributed by atoms with Gasteiger partial charge in [-0.2, -0.15) is 4.31 Å². The molecule has 0 amide bonds. The number of hydrogen-bond acceptors (Lipinski definition) is 4. The number of benzene rings is 1. The summed E-state index contributed by atoms with van der Waals surface area (Å²) in [7, 11) is -2.21. The molecule has 3 heterocycles. The summed E-state index contributed by atoms with van der Waals surface area (Å²) in [5, 5.41) is 3.76. The molecule has 2 bridgehead atoms. The van der Waals surface area contributed by atoms with Crippen molar-refractivity contribution in [3.8, 4) is 5.75 Å². The number of methoxy groups -OCH3 is 1. The highest BCUT2D eigenvalue weighted by molar-refractivity contribution is 7.89. The first-order valence-electron chi connectivity index (χ1n) is 7.18. The van der Waals surface area contributed by atoms with Crippen LogP contribution in [0.25, 0.3) is 0 Å². The molecule has 1 aromatic rings. The molecule has 3 fully saturated rings. The minimum absolute atomic E-state index is 0.0428. The summed E-state index contributed by atoms with van der Waals surface area (Å²) in [6.45, 7) is 1.86. The Balaban J connectivity index is 1.98. The Labute approximate surface area is 140 Å². The second kappa shape index (κ2) is 6.17. The molecule has 2 atom stereocenters. The molecule has 1 aromatic carbocycles. The molecule has 1 N–H and O–H groups in total. The van der Waals surface area contributed by atoms with Crippen molar-refractivity contribution in [3.63, 3.8) is 0 Å². The maximum Gasteiger partial charge on any atom is 0.244 e. The number of nitrogens with zero attached hydrogens (tertiary/aromatic N) is 1. The van der Waals surface area contributed by atoms with E-state index in [9.17, 15) is 8.42 Å². The van der Waals surface area contributed by atoms with Gasteiger partial charge in [0.05, 0.1) is 17.2 Å². The topological polar surface area (TPSA) is 58.6 Å². The van der Waals surface area contributed by atoms with Crippen LogP contribution in [0.5, 0.6) is 5.75 Å². The largest absolute Gasteiger partial charge is 0.495 e. The number of sulfonamides is 1. The normalized spacial score (nSPS) is 26.0. The molecule has 3 aliphatic heterocycles. The lowest BCUT2D eigenvalue weighted by Gasteiger charge is -2.23. The second-order valence-electron chi connectivity index (χ2n) is 5.79. The summed E-state index contributed by atoms with van der Waals surface area (Å²) in [6, 6.07) is 3.03. The van der Waals surface area contributed by atoms with Gasteiger partial charge in [0.25, 0.3) is 0 Å². The van der Waals surface area contributed by atoms with Crippen LogP contribution in [0.1, 0.15) is 12.8 Å². The summed E-state index contributed by atoms with van der Waals surface area (Å²) < 4.78 is 32.5.